The summed E-state index contributed by atoms with van der Waals surface area (Å²) < 4.78 is 189. The zero-order valence-corrected chi connectivity index (χ0v) is 38.2. The zero-order valence-electron chi connectivity index (χ0n) is 38.2. The maximum absolute atomic E-state index is 14.8. The van der Waals surface area contributed by atoms with E-state index in [-0.39, 0.29) is 58.0 Å². The van der Waals surface area contributed by atoms with Gasteiger partial charge in [0.05, 0.1) is 11.2 Å². The van der Waals surface area contributed by atoms with E-state index in [9.17, 15) is 67.1 Å². The van der Waals surface area contributed by atoms with Crippen molar-refractivity contribution in [2.24, 2.45) is 9.98 Å². The second-order valence-corrected chi connectivity index (χ2v) is 16.9. The molecule has 0 bridgehead atoms. The number of aliphatic imine (C=N–C) groups is 2. The van der Waals surface area contributed by atoms with Crippen LogP contribution in [0.15, 0.2) is 156 Å². The number of alkyl halides is 12. The van der Waals surface area contributed by atoms with Gasteiger partial charge in [0.1, 0.15) is 22.8 Å². The second kappa shape index (κ2) is 20.0. The Balaban J connectivity index is 1.18. The molecule has 0 radical (unpaired) electrons. The van der Waals surface area contributed by atoms with Crippen LogP contribution in [0.3, 0.4) is 0 Å². The third kappa shape index (κ3) is 9.91. The van der Waals surface area contributed by atoms with Crippen molar-refractivity contribution in [2.75, 3.05) is 0 Å². The van der Waals surface area contributed by atoms with Crippen LogP contribution in [-0.2, 0) is 31.6 Å². The van der Waals surface area contributed by atoms with E-state index in [0.29, 0.717) is 36.4 Å². The van der Waals surface area contributed by atoms with Crippen LogP contribution in [0.1, 0.15) is 89.8 Å². The third-order valence-corrected chi connectivity index (χ3v) is 12.8. The minimum absolute atomic E-state index is 0.0721. The SMILES string of the molecule is CCC(C)(N=C=O)c1ccc(C(c2ccc(Oc3ccc(C(=O)c4ccc(OC(C)(CC)c5ccc(C(c6ccc(N=C=O)cc6)(C(F)(F)F)C(F)(F)F)cc5)cc4)cc3)cc2)(C(F)(F)F)C(F)(F)F)cc1. The van der Waals surface area contributed by atoms with Gasteiger partial charge in [-0.25, -0.2) is 9.59 Å². The summed E-state index contributed by atoms with van der Waals surface area (Å²) >= 11 is 0. The quantitative estimate of drug-likeness (QED) is 0.0417. The molecule has 0 amide bonds. The number of hydrogen-bond acceptors (Lipinski definition) is 7. The van der Waals surface area contributed by atoms with E-state index in [0.717, 1.165) is 60.7 Å². The molecule has 0 aliphatic carbocycles. The molecule has 0 spiro atoms. The molecule has 0 aliphatic heterocycles. The van der Waals surface area contributed by atoms with Crippen molar-refractivity contribution in [2.45, 2.75) is 87.2 Å². The van der Waals surface area contributed by atoms with E-state index in [2.05, 4.69) is 9.98 Å². The van der Waals surface area contributed by atoms with Gasteiger partial charge in [-0.1, -0.05) is 86.6 Å². The van der Waals surface area contributed by atoms with Crippen LogP contribution in [0.4, 0.5) is 58.4 Å². The number of rotatable bonds is 16. The number of isocyanates is 2. The molecular weight excluding hydrogens is 973 g/mol. The van der Waals surface area contributed by atoms with Gasteiger partial charge in [-0.3, -0.25) is 4.79 Å². The normalized spacial score (nSPS) is 14.2. The van der Waals surface area contributed by atoms with E-state index >= 15 is 0 Å². The average molecular weight is 1010 g/mol. The fourth-order valence-electron chi connectivity index (χ4n) is 8.42. The molecule has 7 nitrogen and oxygen atoms in total. The highest BCUT2D eigenvalue weighted by Crippen LogP contribution is 2.58. The lowest BCUT2D eigenvalue weighted by atomic mass is 9.72. The van der Waals surface area contributed by atoms with Crippen molar-refractivity contribution in [3.05, 3.63) is 190 Å². The first-order chi connectivity index (χ1) is 33.6. The van der Waals surface area contributed by atoms with Gasteiger partial charge in [-0.05, 0) is 133 Å². The maximum atomic E-state index is 14.8. The first-order valence-corrected chi connectivity index (χ1v) is 21.6. The van der Waals surface area contributed by atoms with Gasteiger partial charge in [0.25, 0.3) is 0 Å². The smallest absolute Gasteiger partial charge is 0.411 e. The molecule has 6 aromatic carbocycles. The second-order valence-electron chi connectivity index (χ2n) is 16.9. The maximum Gasteiger partial charge on any atom is 0.411 e. The molecule has 6 aromatic rings. The summed E-state index contributed by atoms with van der Waals surface area (Å²) in [6.07, 6.45) is -20.5. The van der Waals surface area contributed by atoms with Crippen molar-refractivity contribution in [3.63, 3.8) is 0 Å². The summed E-state index contributed by atoms with van der Waals surface area (Å²) in [5.74, 6) is -0.362. The summed E-state index contributed by atoms with van der Waals surface area (Å²) in [4.78, 5) is 41.9. The topological polar surface area (TPSA) is 94.4 Å². The molecule has 0 saturated carbocycles. The van der Waals surface area contributed by atoms with E-state index in [1.54, 1.807) is 20.8 Å². The minimum atomic E-state index is -5.87. The number of carbonyl (C=O) groups excluding carboxylic acids is 3. The Morgan fingerprint density at radius 3 is 1.12 bits per heavy atom. The molecule has 2 unspecified atom stereocenters. The Morgan fingerprint density at radius 2 is 0.778 bits per heavy atom. The standard InChI is InChI=1S/C53H40F12N2O5/c1-5-46(3,67-32-69)35-11-15-37(16-12-35)49(52(60,61)62,53(63,64)65)40-21-29-43(30-22-40)71-42-25-7-33(8-26-42)45(70)34-9-27-44(28-10-34)72-47(4,6-2)36-13-17-38(18-14-36)48(50(54,55)56,51(57,58)59)39-19-23-41(24-20-39)66-31-68/h7-30H,5-6H2,1-4H3. The Hall–Kier alpha value is -7.49. The van der Waals surface area contributed by atoms with Gasteiger partial charge < -0.3 is 9.47 Å². The zero-order chi connectivity index (χ0) is 53.1. The van der Waals surface area contributed by atoms with E-state index in [1.165, 1.54) is 67.6 Å². The van der Waals surface area contributed by atoms with Gasteiger partial charge in [0, 0.05) is 11.1 Å². The first kappa shape index (κ1) is 53.9. The number of ketones is 1. The summed E-state index contributed by atoms with van der Waals surface area (Å²) in [5, 5.41) is 0. The van der Waals surface area contributed by atoms with Crippen LogP contribution in [0.5, 0.6) is 17.2 Å². The number of hydrogen-bond donors (Lipinski definition) is 0. The molecule has 376 valence electrons. The molecule has 0 saturated heterocycles. The molecule has 2 atom stereocenters. The van der Waals surface area contributed by atoms with Gasteiger partial charge >= 0.3 is 24.7 Å². The van der Waals surface area contributed by atoms with Gasteiger partial charge in [0.2, 0.25) is 23.0 Å². The van der Waals surface area contributed by atoms with Crippen LogP contribution < -0.4 is 9.47 Å². The Kier molecular flexibility index (Phi) is 14.9. The molecular formula is C53H40F12N2O5. The number of ether oxygens (including phenoxy) is 2. The van der Waals surface area contributed by atoms with Crippen LogP contribution in [0.25, 0.3) is 0 Å². The highest BCUT2D eigenvalue weighted by atomic mass is 19.4. The number of benzene rings is 6. The first-order valence-electron chi connectivity index (χ1n) is 21.6. The van der Waals surface area contributed by atoms with E-state index in [4.69, 9.17) is 9.47 Å². The van der Waals surface area contributed by atoms with E-state index < -0.39 is 74.7 Å². The summed E-state index contributed by atoms with van der Waals surface area (Å²) in [5.41, 5.74) is -15.5. The van der Waals surface area contributed by atoms with Crippen molar-refractivity contribution in [1.29, 1.82) is 0 Å². The lowest BCUT2D eigenvalue weighted by Crippen LogP contribution is -2.54. The summed E-state index contributed by atoms with van der Waals surface area (Å²) in [7, 11) is 0. The molecule has 0 N–H and O–H groups in total. The van der Waals surface area contributed by atoms with Gasteiger partial charge in [-0.15, -0.1) is 0 Å². The third-order valence-electron chi connectivity index (χ3n) is 12.8. The van der Waals surface area contributed by atoms with Crippen molar-refractivity contribution in [3.8, 4) is 17.2 Å². The molecule has 0 aromatic heterocycles. The Bertz CT molecular complexity index is 2930. The molecule has 0 fully saturated rings. The number of nitrogens with zero attached hydrogens (tertiary/aromatic N) is 2. The predicted octanol–water partition coefficient (Wildman–Crippen LogP) is 15.2. The number of halogens is 12. The highest BCUT2D eigenvalue weighted by Gasteiger charge is 2.73. The van der Waals surface area contributed by atoms with Crippen LogP contribution in [0.2, 0.25) is 0 Å². The Morgan fingerprint density at radius 1 is 0.444 bits per heavy atom. The molecule has 0 aliphatic rings. The molecule has 19 heteroatoms. The van der Waals surface area contributed by atoms with Gasteiger partial charge in [0.15, 0.2) is 5.78 Å². The summed E-state index contributed by atoms with van der Waals surface area (Å²) in [6.45, 7) is 6.37. The highest BCUT2D eigenvalue weighted by molar-refractivity contribution is 6.09. The van der Waals surface area contributed by atoms with Crippen molar-refractivity contribution >= 4 is 23.6 Å². The van der Waals surface area contributed by atoms with Crippen molar-refractivity contribution in [1.82, 2.24) is 0 Å². The van der Waals surface area contributed by atoms with E-state index in [1.807, 2.05) is 0 Å². The molecule has 72 heavy (non-hydrogen) atoms. The van der Waals surface area contributed by atoms with Crippen LogP contribution in [-0.4, -0.2) is 42.6 Å². The minimum Gasteiger partial charge on any atom is -0.483 e. The molecule has 0 heterocycles. The molecule has 6 rings (SSSR count). The van der Waals surface area contributed by atoms with Crippen LogP contribution in [0, 0.1) is 0 Å². The fourth-order valence-corrected chi connectivity index (χ4v) is 8.42. The Labute approximate surface area is 403 Å². The lowest BCUT2D eigenvalue weighted by molar-refractivity contribution is -0.290. The average Bonchev–Trinajstić information content (AvgIpc) is 3.32. The number of carbonyl (C=O) groups is 1. The fraction of sp³-hybridized carbons (Fsp3) is 0.264. The van der Waals surface area contributed by atoms with Crippen molar-refractivity contribution < 1.29 is 76.5 Å². The van der Waals surface area contributed by atoms with Crippen LogP contribution >= 0.6 is 0 Å². The largest absolute Gasteiger partial charge is 0.483 e. The monoisotopic (exact) mass is 1010 g/mol. The lowest BCUT2D eigenvalue weighted by Gasteiger charge is -2.39. The predicted molar refractivity (Wildman–Crippen MR) is 240 cm³/mol. The summed E-state index contributed by atoms with van der Waals surface area (Å²) in [6, 6.07) is 24.3. The van der Waals surface area contributed by atoms with Gasteiger partial charge in [-0.2, -0.15) is 62.7 Å².